The number of rotatable bonds is 5. The normalized spacial score (nSPS) is 18.7. The summed E-state index contributed by atoms with van der Waals surface area (Å²) in [7, 11) is 1.92. The molecular weight excluding hydrogens is 378 g/mol. The van der Waals surface area contributed by atoms with E-state index < -0.39 is 5.97 Å². The van der Waals surface area contributed by atoms with Crippen molar-refractivity contribution in [1.29, 1.82) is 0 Å². The number of nitrogens with zero attached hydrogens (tertiary/aromatic N) is 2. The Hall–Kier alpha value is -1.44. The van der Waals surface area contributed by atoms with E-state index in [4.69, 9.17) is 4.98 Å². The van der Waals surface area contributed by atoms with Crippen LogP contribution in [0.25, 0.3) is 9.75 Å². The van der Waals surface area contributed by atoms with Gasteiger partial charge in [0.1, 0.15) is 0 Å². The van der Waals surface area contributed by atoms with Crippen LogP contribution < -0.4 is 10.2 Å². The van der Waals surface area contributed by atoms with Crippen LogP contribution in [0.4, 0.5) is 5.13 Å². The third-order valence-corrected chi connectivity index (χ3v) is 8.22. The summed E-state index contributed by atoms with van der Waals surface area (Å²) in [5.41, 5.74) is 2.73. The van der Waals surface area contributed by atoms with Crippen LogP contribution in [0, 0.1) is 5.41 Å². The van der Waals surface area contributed by atoms with E-state index in [9.17, 15) is 9.90 Å². The number of carboxylic acid groups (broad SMARTS) is 1. The van der Waals surface area contributed by atoms with E-state index in [1.54, 1.807) is 22.7 Å². The van der Waals surface area contributed by atoms with Crippen molar-refractivity contribution >= 4 is 33.8 Å². The summed E-state index contributed by atoms with van der Waals surface area (Å²) in [6.45, 7) is 7.24. The van der Waals surface area contributed by atoms with Crippen LogP contribution >= 0.6 is 22.7 Å². The zero-order valence-corrected chi connectivity index (χ0v) is 17.9. The minimum absolute atomic E-state index is 0.164. The average Bonchev–Trinajstić information content (AvgIpc) is 3.31. The van der Waals surface area contributed by atoms with Gasteiger partial charge >= 0.3 is 5.97 Å². The van der Waals surface area contributed by atoms with Crippen LogP contribution in [0.2, 0.25) is 0 Å². The number of carboxylic acids is 1. The van der Waals surface area contributed by atoms with Gasteiger partial charge in [0.15, 0.2) is 5.13 Å². The molecule has 0 unspecified atom stereocenters. The lowest BCUT2D eigenvalue weighted by atomic mass is 9.76. The van der Waals surface area contributed by atoms with Crippen LogP contribution in [-0.4, -0.2) is 36.2 Å². The topological polar surface area (TPSA) is 65.5 Å². The Labute approximate surface area is 168 Å². The minimum atomic E-state index is -0.799. The standard InChI is InChI=1S/C20H27N3O2S2/c1-20(2)7-6-14-12(10-20)15(18(24)25)17(26-14)16-13(11-21-3)22-19(27-16)23-8-4-5-9-23/h21H,4-11H2,1-3H3,(H,24,25). The van der Waals surface area contributed by atoms with Crippen molar-refractivity contribution in [2.24, 2.45) is 5.41 Å². The van der Waals surface area contributed by atoms with Gasteiger partial charge in [-0.1, -0.05) is 25.2 Å². The molecule has 0 saturated carbocycles. The van der Waals surface area contributed by atoms with E-state index in [2.05, 4.69) is 24.1 Å². The highest BCUT2D eigenvalue weighted by Gasteiger charge is 2.34. The molecule has 0 aromatic carbocycles. The zero-order chi connectivity index (χ0) is 19.2. The molecule has 3 heterocycles. The SMILES string of the molecule is CNCc1nc(N2CCCC2)sc1-c1sc2c(c1C(=O)O)CC(C)(C)CC2. The summed E-state index contributed by atoms with van der Waals surface area (Å²) < 4.78 is 0. The number of aromatic nitrogens is 1. The average molecular weight is 406 g/mol. The van der Waals surface area contributed by atoms with Gasteiger partial charge in [-0.25, -0.2) is 9.78 Å². The first-order valence-electron chi connectivity index (χ1n) is 9.67. The van der Waals surface area contributed by atoms with Crippen molar-refractivity contribution in [1.82, 2.24) is 10.3 Å². The predicted octanol–water partition coefficient (Wildman–Crippen LogP) is 4.40. The zero-order valence-electron chi connectivity index (χ0n) is 16.2. The molecule has 4 rings (SSSR count). The Balaban J connectivity index is 1.83. The van der Waals surface area contributed by atoms with E-state index in [0.717, 1.165) is 58.5 Å². The second kappa shape index (κ2) is 7.18. The van der Waals surface area contributed by atoms with Crippen molar-refractivity contribution in [2.45, 2.75) is 52.5 Å². The molecule has 2 N–H and O–H groups in total. The summed E-state index contributed by atoms with van der Waals surface area (Å²) >= 11 is 3.35. The molecule has 0 amide bonds. The highest BCUT2D eigenvalue weighted by atomic mass is 32.1. The second-order valence-electron chi connectivity index (χ2n) is 8.35. The fourth-order valence-corrected chi connectivity index (χ4v) is 6.76. The largest absolute Gasteiger partial charge is 0.478 e. The van der Waals surface area contributed by atoms with Crippen LogP contribution in [0.1, 0.15) is 59.6 Å². The molecule has 0 atom stereocenters. The number of thiophene rings is 1. The number of fused-ring (bicyclic) bond motifs is 1. The maximum atomic E-state index is 12.2. The Morgan fingerprint density at radius 1 is 1.26 bits per heavy atom. The summed E-state index contributed by atoms with van der Waals surface area (Å²) in [4.78, 5) is 22.7. The molecule has 2 aliphatic rings. The molecule has 1 aliphatic heterocycles. The molecule has 27 heavy (non-hydrogen) atoms. The molecule has 146 valence electrons. The smallest absolute Gasteiger partial charge is 0.337 e. The van der Waals surface area contributed by atoms with Crippen molar-refractivity contribution < 1.29 is 9.90 Å². The van der Waals surface area contributed by atoms with Gasteiger partial charge in [0.05, 0.1) is 21.0 Å². The molecule has 2 aromatic rings. The molecule has 0 bridgehead atoms. The van der Waals surface area contributed by atoms with Crippen LogP contribution in [0.3, 0.4) is 0 Å². The molecular formula is C20H27N3O2S2. The number of anilines is 1. The fraction of sp³-hybridized carbons (Fsp3) is 0.600. The Kier molecular flexibility index (Phi) is 5.03. The molecule has 1 saturated heterocycles. The summed E-state index contributed by atoms with van der Waals surface area (Å²) in [6, 6.07) is 0. The predicted molar refractivity (Wildman–Crippen MR) is 112 cm³/mol. The molecule has 5 nitrogen and oxygen atoms in total. The highest BCUT2D eigenvalue weighted by molar-refractivity contribution is 7.24. The first kappa shape index (κ1) is 18.9. The van der Waals surface area contributed by atoms with E-state index in [-0.39, 0.29) is 5.41 Å². The van der Waals surface area contributed by atoms with E-state index in [1.807, 2.05) is 7.05 Å². The van der Waals surface area contributed by atoms with Gasteiger partial charge in [-0.3, -0.25) is 0 Å². The molecule has 1 fully saturated rings. The third-order valence-electron chi connectivity index (χ3n) is 5.60. The van der Waals surface area contributed by atoms with E-state index >= 15 is 0 Å². The summed E-state index contributed by atoms with van der Waals surface area (Å²) in [6.07, 6.45) is 5.36. The third kappa shape index (κ3) is 3.52. The lowest BCUT2D eigenvalue weighted by molar-refractivity contribution is 0.0696. The number of nitrogens with one attached hydrogen (secondary N) is 1. The molecule has 2 aromatic heterocycles. The van der Waals surface area contributed by atoms with Gasteiger partial charge in [-0.05, 0) is 50.1 Å². The maximum Gasteiger partial charge on any atom is 0.337 e. The van der Waals surface area contributed by atoms with Crippen molar-refractivity contribution in [3.63, 3.8) is 0 Å². The Morgan fingerprint density at radius 2 is 2.00 bits per heavy atom. The number of thiazole rings is 1. The second-order valence-corrected chi connectivity index (χ2v) is 10.4. The maximum absolute atomic E-state index is 12.2. The van der Waals surface area contributed by atoms with Gasteiger partial charge in [0.25, 0.3) is 0 Å². The van der Waals surface area contributed by atoms with Crippen LogP contribution in [0.15, 0.2) is 0 Å². The van der Waals surface area contributed by atoms with Crippen LogP contribution in [0.5, 0.6) is 0 Å². The molecule has 0 radical (unpaired) electrons. The van der Waals surface area contributed by atoms with Gasteiger partial charge in [-0.2, -0.15) is 0 Å². The molecule has 1 aliphatic carbocycles. The lowest BCUT2D eigenvalue weighted by Gasteiger charge is -2.29. The number of aryl methyl sites for hydroxylation is 1. The number of hydrogen-bond acceptors (Lipinski definition) is 6. The molecule has 0 spiro atoms. The van der Waals surface area contributed by atoms with Gasteiger partial charge in [0.2, 0.25) is 0 Å². The Morgan fingerprint density at radius 3 is 2.67 bits per heavy atom. The summed E-state index contributed by atoms with van der Waals surface area (Å²) in [5.74, 6) is -0.799. The van der Waals surface area contributed by atoms with Gasteiger partial charge < -0.3 is 15.3 Å². The number of aromatic carboxylic acids is 1. The van der Waals surface area contributed by atoms with Gasteiger partial charge in [-0.15, -0.1) is 11.3 Å². The summed E-state index contributed by atoms with van der Waals surface area (Å²) in [5, 5.41) is 14.3. The minimum Gasteiger partial charge on any atom is -0.478 e. The number of hydrogen-bond donors (Lipinski definition) is 2. The first-order valence-corrected chi connectivity index (χ1v) is 11.3. The first-order chi connectivity index (χ1) is 12.9. The lowest BCUT2D eigenvalue weighted by Crippen LogP contribution is -2.22. The van der Waals surface area contributed by atoms with E-state index in [0.29, 0.717) is 12.1 Å². The fourth-order valence-electron chi connectivity index (χ4n) is 4.15. The van der Waals surface area contributed by atoms with Crippen molar-refractivity contribution in [3.05, 3.63) is 21.7 Å². The van der Waals surface area contributed by atoms with E-state index in [1.165, 1.54) is 17.7 Å². The van der Waals surface area contributed by atoms with Crippen molar-refractivity contribution in [3.8, 4) is 9.75 Å². The Bertz CT molecular complexity index is 863. The van der Waals surface area contributed by atoms with Crippen molar-refractivity contribution in [2.75, 3.05) is 25.0 Å². The molecule has 7 heteroatoms. The van der Waals surface area contributed by atoms with Crippen LogP contribution in [-0.2, 0) is 19.4 Å². The van der Waals surface area contributed by atoms with Gasteiger partial charge in [0, 0.05) is 24.5 Å². The monoisotopic (exact) mass is 405 g/mol. The number of carbonyl (C=O) groups is 1. The quantitative estimate of drug-likeness (QED) is 0.772. The highest BCUT2D eigenvalue weighted by Crippen LogP contribution is 2.48.